The zero-order chi connectivity index (χ0) is 12.7. The van der Waals surface area contributed by atoms with Gasteiger partial charge in [0.15, 0.2) is 0 Å². The fourth-order valence-electron chi connectivity index (χ4n) is 2.67. The first-order valence-corrected chi connectivity index (χ1v) is 7.14. The summed E-state index contributed by atoms with van der Waals surface area (Å²) in [5.74, 6) is 1.59. The van der Waals surface area contributed by atoms with Crippen molar-refractivity contribution in [2.75, 3.05) is 6.54 Å². The largest absolute Gasteiger partial charge is 0.353 e. The quantitative estimate of drug-likeness (QED) is 0.701. The van der Waals surface area contributed by atoms with Crippen LogP contribution in [0.5, 0.6) is 0 Å². The molecule has 0 aromatic rings. The first-order valence-electron chi connectivity index (χ1n) is 7.14. The standard InChI is InChI=1S/C14H28N2O/c1-11-7-6-8-13(12(11)2)16-14(17)9-4-3-5-10-15/h11-13H,3-10,15H2,1-2H3,(H,16,17). The van der Waals surface area contributed by atoms with Crippen molar-refractivity contribution in [3.05, 3.63) is 0 Å². The first-order chi connectivity index (χ1) is 8.15. The van der Waals surface area contributed by atoms with Gasteiger partial charge < -0.3 is 11.1 Å². The van der Waals surface area contributed by atoms with Gasteiger partial charge in [0.2, 0.25) is 5.91 Å². The molecule has 17 heavy (non-hydrogen) atoms. The van der Waals surface area contributed by atoms with Crippen molar-refractivity contribution in [1.82, 2.24) is 5.32 Å². The second-order valence-corrected chi connectivity index (χ2v) is 5.54. The fourth-order valence-corrected chi connectivity index (χ4v) is 2.67. The van der Waals surface area contributed by atoms with Crippen molar-refractivity contribution in [2.45, 2.75) is 64.8 Å². The molecule has 0 aromatic carbocycles. The van der Waals surface area contributed by atoms with Gasteiger partial charge in [0.05, 0.1) is 0 Å². The molecule has 3 atom stereocenters. The molecule has 0 bridgehead atoms. The molecule has 1 amide bonds. The van der Waals surface area contributed by atoms with Gasteiger partial charge in [-0.15, -0.1) is 0 Å². The van der Waals surface area contributed by atoms with E-state index >= 15 is 0 Å². The van der Waals surface area contributed by atoms with Crippen molar-refractivity contribution in [2.24, 2.45) is 17.6 Å². The monoisotopic (exact) mass is 240 g/mol. The van der Waals surface area contributed by atoms with Crippen LogP contribution in [-0.2, 0) is 4.79 Å². The molecule has 1 fully saturated rings. The Balaban J connectivity index is 2.20. The molecule has 0 radical (unpaired) electrons. The normalized spacial score (nSPS) is 29.0. The molecule has 3 heteroatoms. The van der Waals surface area contributed by atoms with E-state index < -0.39 is 0 Å². The minimum atomic E-state index is 0.230. The molecule has 3 nitrogen and oxygen atoms in total. The highest BCUT2D eigenvalue weighted by Gasteiger charge is 2.27. The van der Waals surface area contributed by atoms with Gasteiger partial charge in [-0.2, -0.15) is 0 Å². The molecule has 1 aliphatic carbocycles. The summed E-state index contributed by atoms with van der Waals surface area (Å²) >= 11 is 0. The molecule has 0 saturated heterocycles. The van der Waals surface area contributed by atoms with Crippen LogP contribution >= 0.6 is 0 Å². The lowest BCUT2D eigenvalue weighted by molar-refractivity contribution is -0.122. The Kier molecular flexibility index (Phi) is 6.56. The van der Waals surface area contributed by atoms with Crippen molar-refractivity contribution < 1.29 is 4.79 Å². The van der Waals surface area contributed by atoms with Gasteiger partial charge in [0, 0.05) is 12.5 Å². The summed E-state index contributed by atoms with van der Waals surface area (Å²) in [6.07, 6.45) is 7.45. The Labute approximate surface area is 106 Å². The van der Waals surface area contributed by atoms with Crippen LogP contribution < -0.4 is 11.1 Å². The van der Waals surface area contributed by atoms with E-state index in [2.05, 4.69) is 19.2 Å². The van der Waals surface area contributed by atoms with Gasteiger partial charge in [-0.1, -0.05) is 33.1 Å². The maximum Gasteiger partial charge on any atom is 0.220 e. The van der Waals surface area contributed by atoms with Gasteiger partial charge in [0.25, 0.3) is 0 Å². The van der Waals surface area contributed by atoms with Gasteiger partial charge in [-0.3, -0.25) is 4.79 Å². The molecular formula is C14H28N2O. The van der Waals surface area contributed by atoms with Gasteiger partial charge in [-0.25, -0.2) is 0 Å². The molecular weight excluding hydrogens is 212 g/mol. The number of unbranched alkanes of at least 4 members (excludes halogenated alkanes) is 2. The highest BCUT2D eigenvalue weighted by molar-refractivity contribution is 5.76. The predicted molar refractivity (Wildman–Crippen MR) is 71.6 cm³/mol. The molecule has 0 aliphatic heterocycles. The van der Waals surface area contributed by atoms with E-state index in [1.54, 1.807) is 0 Å². The van der Waals surface area contributed by atoms with E-state index in [9.17, 15) is 4.79 Å². The Bertz CT molecular complexity index is 230. The summed E-state index contributed by atoms with van der Waals surface area (Å²) in [6, 6.07) is 0.403. The summed E-state index contributed by atoms with van der Waals surface area (Å²) in [6.45, 7) is 5.30. The maximum atomic E-state index is 11.8. The number of hydrogen-bond acceptors (Lipinski definition) is 2. The minimum Gasteiger partial charge on any atom is -0.353 e. The molecule has 0 heterocycles. The average Bonchev–Trinajstić information content (AvgIpc) is 2.31. The molecule has 1 rings (SSSR count). The molecule has 100 valence electrons. The van der Waals surface area contributed by atoms with Gasteiger partial charge in [0.1, 0.15) is 0 Å². The fraction of sp³-hybridized carbons (Fsp3) is 0.929. The summed E-state index contributed by atoms with van der Waals surface area (Å²) in [7, 11) is 0. The van der Waals surface area contributed by atoms with Crippen LogP contribution in [0.15, 0.2) is 0 Å². The second-order valence-electron chi connectivity index (χ2n) is 5.54. The number of amides is 1. The van der Waals surface area contributed by atoms with Crippen molar-refractivity contribution in [1.29, 1.82) is 0 Å². The van der Waals surface area contributed by atoms with Crippen LogP contribution in [0, 0.1) is 11.8 Å². The number of nitrogens with one attached hydrogen (secondary N) is 1. The van der Waals surface area contributed by atoms with Crippen molar-refractivity contribution in [3.8, 4) is 0 Å². The van der Waals surface area contributed by atoms with Crippen LogP contribution in [0.3, 0.4) is 0 Å². The molecule has 3 N–H and O–H groups in total. The SMILES string of the molecule is CC1CCCC(NC(=O)CCCCCN)C1C. The van der Waals surface area contributed by atoms with Gasteiger partial charge in [-0.05, 0) is 37.6 Å². The third-order valence-electron chi connectivity index (χ3n) is 4.16. The number of hydrogen-bond donors (Lipinski definition) is 2. The Morgan fingerprint density at radius 3 is 2.71 bits per heavy atom. The Morgan fingerprint density at radius 1 is 1.24 bits per heavy atom. The van der Waals surface area contributed by atoms with Crippen LogP contribution in [0.1, 0.15) is 58.8 Å². The predicted octanol–water partition coefficient (Wildman–Crippen LogP) is 2.45. The molecule has 0 aromatic heterocycles. The topological polar surface area (TPSA) is 55.1 Å². The summed E-state index contributed by atoms with van der Waals surface area (Å²) in [5, 5.41) is 3.21. The van der Waals surface area contributed by atoms with E-state index in [4.69, 9.17) is 5.73 Å². The summed E-state index contributed by atoms with van der Waals surface area (Å²) in [5.41, 5.74) is 5.43. The number of nitrogens with two attached hydrogens (primary N) is 1. The zero-order valence-electron chi connectivity index (χ0n) is 11.4. The van der Waals surface area contributed by atoms with Crippen LogP contribution in [0.4, 0.5) is 0 Å². The lowest BCUT2D eigenvalue weighted by Gasteiger charge is -2.34. The highest BCUT2D eigenvalue weighted by atomic mass is 16.1. The zero-order valence-corrected chi connectivity index (χ0v) is 11.4. The summed E-state index contributed by atoms with van der Waals surface area (Å²) < 4.78 is 0. The Hall–Kier alpha value is -0.570. The Morgan fingerprint density at radius 2 is 2.00 bits per heavy atom. The molecule has 1 aliphatic rings. The number of rotatable bonds is 6. The maximum absolute atomic E-state index is 11.8. The second kappa shape index (κ2) is 7.70. The smallest absolute Gasteiger partial charge is 0.220 e. The number of carbonyl (C=O) groups is 1. The van der Waals surface area contributed by atoms with E-state index in [1.807, 2.05) is 0 Å². The van der Waals surface area contributed by atoms with Gasteiger partial charge >= 0.3 is 0 Å². The lowest BCUT2D eigenvalue weighted by Crippen LogP contribution is -2.43. The third kappa shape index (κ3) is 5.07. The van der Waals surface area contributed by atoms with Crippen LogP contribution in [-0.4, -0.2) is 18.5 Å². The molecule has 3 unspecified atom stereocenters. The van der Waals surface area contributed by atoms with Crippen LogP contribution in [0.2, 0.25) is 0 Å². The van der Waals surface area contributed by atoms with Crippen molar-refractivity contribution in [3.63, 3.8) is 0 Å². The lowest BCUT2D eigenvalue weighted by atomic mass is 9.78. The first kappa shape index (κ1) is 14.5. The van der Waals surface area contributed by atoms with E-state index in [0.717, 1.165) is 38.1 Å². The third-order valence-corrected chi connectivity index (χ3v) is 4.16. The van der Waals surface area contributed by atoms with E-state index in [0.29, 0.717) is 18.4 Å². The van der Waals surface area contributed by atoms with Crippen molar-refractivity contribution >= 4 is 5.91 Å². The summed E-state index contributed by atoms with van der Waals surface area (Å²) in [4.78, 5) is 11.8. The molecule has 1 saturated carbocycles. The highest BCUT2D eigenvalue weighted by Crippen LogP contribution is 2.29. The molecule has 0 spiro atoms. The minimum absolute atomic E-state index is 0.230. The van der Waals surface area contributed by atoms with E-state index in [1.165, 1.54) is 12.8 Å². The van der Waals surface area contributed by atoms with Crippen LogP contribution in [0.25, 0.3) is 0 Å². The average molecular weight is 240 g/mol. The number of carbonyl (C=O) groups excluding carboxylic acids is 1. The van der Waals surface area contributed by atoms with E-state index in [-0.39, 0.29) is 5.91 Å².